The molecule has 0 aliphatic rings. The maximum Gasteiger partial charge on any atom is 0.00104 e. The van der Waals surface area contributed by atoms with Crippen LogP contribution in [0.15, 0.2) is 0 Å². The van der Waals surface area contributed by atoms with E-state index >= 15 is 0 Å². The van der Waals surface area contributed by atoms with E-state index in [0.717, 1.165) is 11.8 Å². The summed E-state index contributed by atoms with van der Waals surface area (Å²) in [7, 11) is 0. The Labute approximate surface area is 94.4 Å². The molecule has 1 N–H and O–H groups in total. The summed E-state index contributed by atoms with van der Waals surface area (Å²) in [6.45, 7) is 10.3. The molecule has 0 saturated heterocycles. The van der Waals surface area contributed by atoms with Gasteiger partial charge in [0.2, 0.25) is 0 Å². The molecule has 0 aliphatic carbocycles. The Morgan fingerprint density at radius 3 is 2.21 bits per heavy atom. The normalized spacial score (nSPS) is 13.9. The van der Waals surface area contributed by atoms with Crippen LogP contribution in [0.2, 0.25) is 0 Å². The van der Waals surface area contributed by atoms with Gasteiger partial charge in [-0.15, -0.1) is 0 Å². The van der Waals surface area contributed by atoms with Gasteiger partial charge in [0, 0.05) is 6.04 Å². The van der Waals surface area contributed by atoms with Crippen molar-refractivity contribution in [2.75, 3.05) is 18.6 Å². The lowest BCUT2D eigenvalue weighted by Gasteiger charge is -2.22. The lowest BCUT2D eigenvalue weighted by molar-refractivity contribution is 0.329. The van der Waals surface area contributed by atoms with Gasteiger partial charge in [-0.25, -0.2) is 0 Å². The standard InChI is InChI=1S/C12H27NS/c1-10(2)12(7-6-8-14-5)9-13-11(3)4/h10-13H,6-9H2,1-5H3. The summed E-state index contributed by atoms with van der Waals surface area (Å²) in [5, 5.41) is 3.55. The second-order valence-corrected chi connectivity index (χ2v) is 5.69. The molecule has 0 heterocycles. The van der Waals surface area contributed by atoms with Gasteiger partial charge >= 0.3 is 0 Å². The minimum absolute atomic E-state index is 0.622. The number of rotatable bonds is 8. The minimum Gasteiger partial charge on any atom is -0.314 e. The Bertz CT molecular complexity index is 123. The van der Waals surface area contributed by atoms with Crippen molar-refractivity contribution in [2.24, 2.45) is 11.8 Å². The topological polar surface area (TPSA) is 12.0 Å². The van der Waals surface area contributed by atoms with E-state index < -0.39 is 0 Å². The quantitative estimate of drug-likeness (QED) is 0.625. The fraction of sp³-hybridized carbons (Fsp3) is 1.00. The van der Waals surface area contributed by atoms with E-state index in [9.17, 15) is 0 Å². The molecule has 0 fully saturated rings. The Morgan fingerprint density at radius 2 is 1.79 bits per heavy atom. The van der Waals surface area contributed by atoms with Crippen LogP contribution in [0.1, 0.15) is 40.5 Å². The van der Waals surface area contributed by atoms with E-state index in [1.54, 1.807) is 0 Å². The highest BCUT2D eigenvalue weighted by Gasteiger charge is 2.12. The second-order valence-electron chi connectivity index (χ2n) is 4.70. The van der Waals surface area contributed by atoms with Crippen molar-refractivity contribution >= 4 is 11.8 Å². The van der Waals surface area contributed by atoms with Crippen molar-refractivity contribution in [1.29, 1.82) is 0 Å². The summed E-state index contributed by atoms with van der Waals surface area (Å²) in [5.41, 5.74) is 0. The molecule has 0 rings (SSSR count). The molecule has 0 bridgehead atoms. The lowest BCUT2D eigenvalue weighted by atomic mass is 9.91. The minimum atomic E-state index is 0.622. The van der Waals surface area contributed by atoms with Crippen molar-refractivity contribution < 1.29 is 0 Å². The third-order valence-electron chi connectivity index (χ3n) is 2.65. The Hall–Kier alpha value is 0.310. The van der Waals surface area contributed by atoms with Gasteiger partial charge in [0.25, 0.3) is 0 Å². The second kappa shape index (κ2) is 8.60. The van der Waals surface area contributed by atoms with E-state index in [1.165, 1.54) is 25.1 Å². The molecule has 1 nitrogen and oxygen atoms in total. The van der Waals surface area contributed by atoms with Gasteiger partial charge in [-0.05, 0) is 43.2 Å². The average molecular weight is 217 g/mol. The van der Waals surface area contributed by atoms with E-state index in [-0.39, 0.29) is 0 Å². The number of thioether (sulfide) groups is 1. The van der Waals surface area contributed by atoms with Crippen LogP contribution >= 0.6 is 11.8 Å². The average Bonchev–Trinajstić information content (AvgIpc) is 2.10. The highest BCUT2D eigenvalue weighted by molar-refractivity contribution is 7.98. The van der Waals surface area contributed by atoms with Gasteiger partial charge < -0.3 is 5.32 Å². The number of nitrogens with one attached hydrogen (secondary N) is 1. The molecule has 0 spiro atoms. The van der Waals surface area contributed by atoms with Crippen LogP contribution in [0.5, 0.6) is 0 Å². The zero-order valence-electron chi connectivity index (χ0n) is 10.5. The summed E-state index contributed by atoms with van der Waals surface area (Å²) < 4.78 is 0. The third-order valence-corrected chi connectivity index (χ3v) is 3.35. The SMILES string of the molecule is CSCCCC(CNC(C)C)C(C)C. The molecule has 86 valence electrons. The molecule has 1 atom stereocenters. The largest absolute Gasteiger partial charge is 0.314 e. The van der Waals surface area contributed by atoms with Gasteiger partial charge in [0.15, 0.2) is 0 Å². The zero-order valence-corrected chi connectivity index (χ0v) is 11.3. The van der Waals surface area contributed by atoms with E-state index in [4.69, 9.17) is 0 Å². The van der Waals surface area contributed by atoms with Crippen molar-refractivity contribution in [3.63, 3.8) is 0 Å². The molecular formula is C12H27NS. The first-order chi connectivity index (χ1) is 6.57. The monoisotopic (exact) mass is 217 g/mol. The van der Waals surface area contributed by atoms with Crippen molar-refractivity contribution in [2.45, 2.75) is 46.6 Å². The van der Waals surface area contributed by atoms with Gasteiger partial charge in [-0.1, -0.05) is 27.7 Å². The van der Waals surface area contributed by atoms with E-state index in [1.807, 2.05) is 11.8 Å². The van der Waals surface area contributed by atoms with Gasteiger partial charge in [-0.3, -0.25) is 0 Å². The molecule has 14 heavy (non-hydrogen) atoms. The number of hydrogen-bond acceptors (Lipinski definition) is 2. The molecule has 0 saturated carbocycles. The Balaban J connectivity index is 3.66. The van der Waals surface area contributed by atoms with Gasteiger partial charge in [-0.2, -0.15) is 11.8 Å². The highest BCUT2D eigenvalue weighted by Crippen LogP contribution is 2.17. The van der Waals surface area contributed by atoms with Crippen molar-refractivity contribution in [3.8, 4) is 0 Å². The molecule has 1 unspecified atom stereocenters. The molecular weight excluding hydrogens is 190 g/mol. The van der Waals surface area contributed by atoms with Crippen LogP contribution in [0.4, 0.5) is 0 Å². The Morgan fingerprint density at radius 1 is 1.14 bits per heavy atom. The first kappa shape index (κ1) is 14.3. The summed E-state index contributed by atoms with van der Waals surface area (Å²) in [5.74, 6) is 2.97. The summed E-state index contributed by atoms with van der Waals surface area (Å²) in [6.07, 6.45) is 4.93. The molecule has 0 aromatic carbocycles. The molecule has 0 amide bonds. The van der Waals surface area contributed by atoms with E-state index in [0.29, 0.717) is 6.04 Å². The predicted octanol–water partition coefficient (Wildman–Crippen LogP) is 3.40. The maximum atomic E-state index is 3.55. The third kappa shape index (κ3) is 7.69. The van der Waals surface area contributed by atoms with Crippen LogP contribution in [0, 0.1) is 11.8 Å². The molecule has 0 aliphatic heterocycles. The van der Waals surface area contributed by atoms with Gasteiger partial charge in [0.1, 0.15) is 0 Å². The molecule has 2 heteroatoms. The first-order valence-electron chi connectivity index (χ1n) is 5.80. The number of hydrogen-bond donors (Lipinski definition) is 1. The highest BCUT2D eigenvalue weighted by atomic mass is 32.2. The van der Waals surface area contributed by atoms with Crippen LogP contribution < -0.4 is 5.32 Å². The molecule has 0 aromatic heterocycles. The van der Waals surface area contributed by atoms with Crippen LogP contribution in [0.25, 0.3) is 0 Å². The van der Waals surface area contributed by atoms with Crippen molar-refractivity contribution in [3.05, 3.63) is 0 Å². The lowest BCUT2D eigenvalue weighted by Crippen LogP contribution is -2.31. The van der Waals surface area contributed by atoms with Crippen LogP contribution in [-0.2, 0) is 0 Å². The predicted molar refractivity (Wildman–Crippen MR) is 69.1 cm³/mol. The summed E-state index contributed by atoms with van der Waals surface area (Å²) >= 11 is 1.96. The molecule has 0 aromatic rings. The Kier molecular flexibility index (Phi) is 8.80. The fourth-order valence-electron chi connectivity index (χ4n) is 1.55. The van der Waals surface area contributed by atoms with Gasteiger partial charge in [0.05, 0.1) is 0 Å². The smallest absolute Gasteiger partial charge is 0.00104 e. The molecule has 0 radical (unpaired) electrons. The fourth-order valence-corrected chi connectivity index (χ4v) is 2.00. The van der Waals surface area contributed by atoms with E-state index in [2.05, 4.69) is 39.3 Å². The first-order valence-corrected chi connectivity index (χ1v) is 7.19. The summed E-state index contributed by atoms with van der Waals surface area (Å²) in [4.78, 5) is 0. The van der Waals surface area contributed by atoms with Crippen LogP contribution in [0.3, 0.4) is 0 Å². The van der Waals surface area contributed by atoms with Crippen LogP contribution in [-0.4, -0.2) is 24.6 Å². The van der Waals surface area contributed by atoms with Crippen molar-refractivity contribution in [1.82, 2.24) is 5.32 Å². The zero-order chi connectivity index (χ0) is 11.0. The maximum absolute atomic E-state index is 3.55. The summed E-state index contributed by atoms with van der Waals surface area (Å²) in [6, 6.07) is 0.622.